The maximum absolute atomic E-state index is 12.1. The molecule has 0 radical (unpaired) electrons. The van der Waals surface area contributed by atoms with E-state index in [1.54, 1.807) is 0 Å². The molecular weight excluding hydrogens is 362 g/mol. The first-order valence-electron chi connectivity index (χ1n) is 10.5. The van der Waals surface area contributed by atoms with Crippen molar-refractivity contribution in [1.29, 1.82) is 0 Å². The lowest BCUT2D eigenvalue weighted by molar-refractivity contribution is -0.121. The Morgan fingerprint density at radius 3 is 2.52 bits per heavy atom. The Morgan fingerprint density at radius 1 is 1.10 bits per heavy atom. The number of para-hydroxylation sites is 2. The van der Waals surface area contributed by atoms with Gasteiger partial charge in [0.1, 0.15) is 18.2 Å². The van der Waals surface area contributed by atoms with Crippen LogP contribution < -0.4 is 10.1 Å². The molecule has 0 spiro atoms. The number of nitrogens with one attached hydrogen (secondary N) is 1. The molecule has 154 valence electrons. The lowest BCUT2D eigenvalue weighted by Crippen LogP contribution is -2.28. The molecule has 1 N–H and O–H groups in total. The normalized spacial score (nSPS) is 12.3. The third-order valence-electron chi connectivity index (χ3n) is 5.06. The van der Waals surface area contributed by atoms with Crippen molar-refractivity contribution in [2.45, 2.75) is 59.0 Å². The molecule has 1 unspecified atom stereocenters. The highest BCUT2D eigenvalue weighted by Gasteiger charge is 2.18. The second kappa shape index (κ2) is 9.59. The van der Waals surface area contributed by atoms with Crippen LogP contribution in [-0.4, -0.2) is 22.1 Å². The highest BCUT2D eigenvalue weighted by molar-refractivity contribution is 5.78. The number of hydrogen-bond acceptors (Lipinski definition) is 3. The van der Waals surface area contributed by atoms with E-state index < -0.39 is 0 Å². The van der Waals surface area contributed by atoms with Gasteiger partial charge in [0.25, 0.3) is 0 Å². The fraction of sp³-hybridized carbons (Fsp3) is 0.417. The van der Waals surface area contributed by atoms with Gasteiger partial charge < -0.3 is 14.6 Å². The summed E-state index contributed by atoms with van der Waals surface area (Å²) >= 11 is 0. The Kier molecular flexibility index (Phi) is 6.91. The molecule has 0 aliphatic carbocycles. The van der Waals surface area contributed by atoms with Crippen molar-refractivity contribution < 1.29 is 9.53 Å². The first-order valence-corrected chi connectivity index (χ1v) is 10.5. The van der Waals surface area contributed by atoms with Crippen LogP contribution >= 0.6 is 0 Å². The van der Waals surface area contributed by atoms with Crippen LogP contribution in [0.3, 0.4) is 0 Å². The molecule has 5 nitrogen and oxygen atoms in total. The van der Waals surface area contributed by atoms with Gasteiger partial charge in [-0.3, -0.25) is 4.79 Å². The molecule has 0 aliphatic heterocycles. The molecule has 1 atom stereocenters. The van der Waals surface area contributed by atoms with Crippen molar-refractivity contribution in [2.24, 2.45) is 0 Å². The fourth-order valence-electron chi connectivity index (χ4n) is 3.47. The quantitative estimate of drug-likeness (QED) is 0.542. The zero-order chi connectivity index (χ0) is 20.8. The van der Waals surface area contributed by atoms with Gasteiger partial charge in [0.05, 0.1) is 23.6 Å². The van der Waals surface area contributed by atoms with Gasteiger partial charge in [-0.25, -0.2) is 4.98 Å². The summed E-state index contributed by atoms with van der Waals surface area (Å²) in [4.78, 5) is 16.8. The smallest absolute Gasteiger partial charge is 0.220 e. The summed E-state index contributed by atoms with van der Waals surface area (Å²) in [6.07, 6.45) is 1.36. The summed E-state index contributed by atoms with van der Waals surface area (Å²) in [6.45, 7) is 9.55. The van der Waals surface area contributed by atoms with Crippen molar-refractivity contribution in [3.8, 4) is 5.75 Å². The van der Waals surface area contributed by atoms with Gasteiger partial charge >= 0.3 is 0 Å². The number of ether oxygens (including phenoxy) is 1. The average molecular weight is 394 g/mol. The van der Waals surface area contributed by atoms with Gasteiger partial charge in [-0.15, -0.1) is 0 Å². The Hall–Kier alpha value is -2.82. The third kappa shape index (κ3) is 5.17. The third-order valence-corrected chi connectivity index (χ3v) is 5.06. The standard InChI is InChI=1S/C24H31N3O2/c1-5-8-23(28)25-18(4)24-26-21-9-6-7-10-22(21)27(24)15-16-29-20-13-11-19(12-14-20)17(2)3/h6-7,9-14,17-18H,5,8,15-16H2,1-4H3,(H,25,28). The number of nitrogens with zero attached hydrogens (tertiary/aromatic N) is 2. The summed E-state index contributed by atoms with van der Waals surface area (Å²) in [6, 6.07) is 16.2. The minimum Gasteiger partial charge on any atom is -0.492 e. The van der Waals surface area contributed by atoms with Crippen LogP contribution in [0, 0.1) is 0 Å². The fourth-order valence-corrected chi connectivity index (χ4v) is 3.47. The topological polar surface area (TPSA) is 56.2 Å². The minimum absolute atomic E-state index is 0.0556. The lowest BCUT2D eigenvalue weighted by Gasteiger charge is -2.17. The SMILES string of the molecule is CCCC(=O)NC(C)c1nc2ccccc2n1CCOc1ccc(C(C)C)cc1. The number of hydrogen-bond donors (Lipinski definition) is 1. The van der Waals surface area contributed by atoms with E-state index in [0.717, 1.165) is 29.0 Å². The van der Waals surface area contributed by atoms with Crippen molar-refractivity contribution in [2.75, 3.05) is 6.61 Å². The number of fused-ring (bicyclic) bond motifs is 1. The van der Waals surface area contributed by atoms with Crippen LogP contribution in [0.2, 0.25) is 0 Å². The molecule has 0 saturated heterocycles. The van der Waals surface area contributed by atoms with E-state index in [1.165, 1.54) is 5.56 Å². The van der Waals surface area contributed by atoms with Crippen LogP contribution in [0.1, 0.15) is 63.9 Å². The molecule has 3 rings (SSSR count). The second-order valence-electron chi connectivity index (χ2n) is 7.72. The van der Waals surface area contributed by atoms with Crippen molar-refractivity contribution in [3.05, 3.63) is 59.9 Å². The van der Waals surface area contributed by atoms with Gasteiger partial charge in [-0.05, 0) is 49.1 Å². The lowest BCUT2D eigenvalue weighted by atomic mass is 10.0. The number of carbonyl (C=O) groups excluding carboxylic acids is 1. The Labute approximate surface area is 173 Å². The molecule has 3 aromatic rings. The van der Waals surface area contributed by atoms with Gasteiger partial charge in [0.2, 0.25) is 5.91 Å². The Bertz CT molecular complexity index is 944. The summed E-state index contributed by atoms with van der Waals surface area (Å²) in [5.41, 5.74) is 3.29. The predicted molar refractivity (Wildman–Crippen MR) is 117 cm³/mol. The molecule has 0 saturated carbocycles. The van der Waals surface area contributed by atoms with Crippen molar-refractivity contribution in [3.63, 3.8) is 0 Å². The molecule has 1 heterocycles. The highest BCUT2D eigenvalue weighted by Crippen LogP contribution is 2.22. The van der Waals surface area contributed by atoms with Crippen molar-refractivity contribution >= 4 is 16.9 Å². The Morgan fingerprint density at radius 2 is 1.83 bits per heavy atom. The summed E-state index contributed by atoms with van der Waals surface area (Å²) in [5, 5.41) is 3.06. The maximum atomic E-state index is 12.1. The summed E-state index contributed by atoms with van der Waals surface area (Å²) in [7, 11) is 0. The first-order chi connectivity index (χ1) is 14.0. The van der Waals surface area contributed by atoms with Gasteiger partial charge in [-0.2, -0.15) is 0 Å². The molecule has 1 amide bonds. The number of aromatic nitrogens is 2. The van der Waals surface area contributed by atoms with Gasteiger partial charge in [-0.1, -0.05) is 45.0 Å². The van der Waals surface area contributed by atoms with E-state index in [2.05, 4.69) is 41.9 Å². The molecular formula is C24H31N3O2. The van der Waals surface area contributed by atoms with Gasteiger partial charge in [0, 0.05) is 6.42 Å². The van der Waals surface area contributed by atoms with E-state index >= 15 is 0 Å². The number of carbonyl (C=O) groups is 1. The first kappa shape index (κ1) is 20.9. The average Bonchev–Trinajstić information content (AvgIpc) is 3.07. The van der Waals surface area contributed by atoms with Crippen LogP contribution in [0.5, 0.6) is 5.75 Å². The van der Waals surface area contributed by atoms with E-state index in [9.17, 15) is 4.79 Å². The largest absolute Gasteiger partial charge is 0.492 e. The van der Waals surface area contributed by atoms with Crippen molar-refractivity contribution in [1.82, 2.24) is 14.9 Å². The molecule has 5 heteroatoms. The van der Waals surface area contributed by atoms with Crippen LogP contribution in [0.4, 0.5) is 0 Å². The second-order valence-corrected chi connectivity index (χ2v) is 7.72. The van der Waals surface area contributed by atoms with E-state index in [4.69, 9.17) is 9.72 Å². The van der Waals surface area contributed by atoms with E-state index in [-0.39, 0.29) is 11.9 Å². The van der Waals surface area contributed by atoms with Crippen LogP contribution in [0.15, 0.2) is 48.5 Å². The van der Waals surface area contributed by atoms with Gasteiger partial charge in [0.15, 0.2) is 0 Å². The Balaban J connectivity index is 1.74. The molecule has 0 fully saturated rings. The summed E-state index contributed by atoms with van der Waals surface area (Å²) in [5.74, 6) is 2.28. The number of benzene rings is 2. The van der Waals surface area contributed by atoms with Crippen LogP contribution in [0.25, 0.3) is 11.0 Å². The molecule has 0 bridgehead atoms. The monoisotopic (exact) mass is 393 g/mol. The molecule has 2 aromatic carbocycles. The zero-order valence-electron chi connectivity index (χ0n) is 17.8. The summed E-state index contributed by atoms with van der Waals surface area (Å²) < 4.78 is 8.13. The molecule has 0 aliphatic rings. The van der Waals surface area contributed by atoms with E-state index in [0.29, 0.717) is 25.5 Å². The number of imidazole rings is 1. The predicted octanol–water partition coefficient (Wildman–Crippen LogP) is 5.22. The van der Waals surface area contributed by atoms with Crippen LogP contribution in [-0.2, 0) is 11.3 Å². The highest BCUT2D eigenvalue weighted by atomic mass is 16.5. The molecule has 1 aromatic heterocycles. The minimum atomic E-state index is -0.160. The number of amides is 1. The molecule has 29 heavy (non-hydrogen) atoms. The maximum Gasteiger partial charge on any atom is 0.220 e. The van der Waals surface area contributed by atoms with E-state index in [1.807, 2.05) is 44.2 Å². The number of rotatable bonds is 9. The zero-order valence-corrected chi connectivity index (χ0v) is 17.8.